The highest BCUT2D eigenvalue weighted by Gasteiger charge is 2.01. The van der Waals surface area contributed by atoms with Crippen LogP contribution in [0.5, 0.6) is 0 Å². The lowest BCUT2D eigenvalue weighted by molar-refractivity contribution is 0.861. The van der Waals surface area contributed by atoms with Crippen LogP contribution in [0.2, 0.25) is 5.02 Å². The van der Waals surface area contributed by atoms with Crippen molar-refractivity contribution in [1.29, 1.82) is 0 Å². The predicted octanol–water partition coefficient (Wildman–Crippen LogP) is 3.61. The van der Waals surface area contributed by atoms with Gasteiger partial charge in [0.15, 0.2) is 5.82 Å². The van der Waals surface area contributed by atoms with E-state index in [2.05, 4.69) is 15.2 Å². The monoisotopic (exact) mass is 302 g/mol. The quantitative estimate of drug-likeness (QED) is 0.691. The lowest BCUT2D eigenvalue weighted by Gasteiger charge is -2.03. The Morgan fingerprint density at radius 2 is 2.10 bits per heavy atom. The molecule has 0 bridgehead atoms. The van der Waals surface area contributed by atoms with Crippen LogP contribution < -0.4 is 0 Å². The fraction of sp³-hybridized carbons (Fsp3) is 0.0714. The SMILES string of the molecule is Clc1cccc(CSc2ccc(-n3ccnc3)nn2)c1. The fourth-order valence-corrected chi connectivity index (χ4v) is 2.68. The van der Waals surface area contributed by atoms with Gasteiger partial charge in [-0.15, -0.1) is 10.2 Å². The molecule has 0 saturated heterocycles. The van der Waals surface area contributed by atoms with Gasteiger partial charge in [-0.2, -0.15) is 0 Å². The topological polar surface area (TPSA) is 43.6 Å². The maximum Gasteiger partial charge on any atom is 0.160 e. The molecule has 100 valence electrons. The number of aromatic nitrogens is 4. The first-order valence-electron chi connectivity index (χ1n) is 6.00. The normalized spacial score (nSPS) is 10.7. The lowest BCUT2D eigenvalue weighted by Crippen LogP contribution is -1.96. The van der Waals surface area contributed by atoms with E-state index in [1.54, 1.807) is 24.3 Å². The summed E-state index contributed by atoms with van der Waals surface area (Å²) in [7, 11) is 0. The molecule has 0 aliphatic heterocycles. The zero-order chi connectivity index (χ0) is 13.8. The highest BCUT2D eigenvalue weighted by atomic mass is 35.5. The lowest BCUT2D eigenvalue weighted by atomic mass is 10.2. The molecule has 0 unspecified atom stereocenters. The van der Waals surface area contributed by atoms with Crippen LogP contribution in [0, 0.1) is 0 Å². The first kappa shape index (κ1) is 13.1. The molecule has 0 atom stereocenters. The van der Waals surface area contributed by atoms with E-state index in [1.165, 1.54) is 5.56 Å². The number of benzene rings is 1. The van der Waals surface area contributed by atoms with Gasteiger partial charge >= 0.3 is 0 Å². The summed E-state index contributed by atoms with van der Waals surface area (Å²) < 4.78 is 1.82. The zero-order valence-electron chi connectivity index (χ0n) is 10.5. The van der Waals surface area contributed by atoms with Crippen molar-refractivity contribution in [1.82, 2.24) is 19.7 Å². The van der Waals surface area contributed by atoms with Crippen molar-refractivity contribution in [2.45, 2.75) is 10.8 Å². The van der Waals surface area contributed by atoms with Crippen molar-refractivity contribution in [2.24, 2.45) is 0 Å². The van der Waals surface area contributed by atoms with Crippen molar-refractivity contribution >= 4 is 23.4 Å². The van der Waals surface area contributed by atoms with Crippen molar-refractivity contribution < 1.29 is 0 Å². The standard InChI is InChI=1S/C14H11ClN4S/c15-12-3-1-2-11(8-12)9-20-14-5-4-13(17-18-14)19-7-6-16-10-19/h1-8,10H,9H2. The van der Waals surface area contributed by atoms with Gasteiger partial charge in [0.05, 0.1) is 0 Å². The fourth-order valence-electron chi connectivity index (χ4n) is 1.71. The number of halogens is 1. The average molecular weight is 303 g/mol. The smallest absolute Gasteiger partial charge is 0.160 e. The van der Waals surface area contributed by atoms with Gasteiger partial charge in [-0.05, 0) is 29.8 Å². The third kappa shape index (κ3) is 3.18. The minimum Gasteiger partial charge on any atom is -0.289 e. The molecule has 0 amide bonds. The molecule has 0 aliphatic carbocycles. The maximum absolute atomic E-state index is 5.96. The Hall–Kier alpha value is -1.85. The highest BCUT2D eigenvalue weighted by molar-refractivity contribution is 7.98. The summed E-state index contributed by atoms with van der Waals surface area (Å²) in [5.41, 5.74) is 1.17. The third-order valence-corrected chi connectivity index (χ3v) is 3.90. The van der Waals surface area contributed by atoms with Crippen LogP contribution in [0.4, 0.5) is 0 Å². The van der Waals surface area contributed by atoms with Crippen LogP contribution >= 0.6 is 23.4 Å². The molecule has 0 N–H and O–H groups in total. The van der Waals surface area contributed by atoms with Gasteiger partial charge in [0.25, 0.3) is 0 Å². The van der Waals surface area contributed by atoms with Crippen LogP contribution in [0.15, 0.2) is 60.1 Å². The van der Waals surface area contributed by atoms with Gasteiger partial charge in [-0.25, -0.2) is 4.98 Å². The maximum atomic E-state index is 5.96. The van der Waals surface area contributed by atoms with E-state index in [0.29, 0.717) is 0 Å². The number of thioether (sulfide) groups is 1. The Bertz CT molecular complexity index is 683. The number of nitrogens with zero attached hydrogens (tertiary/aromatic N) is 4. The largest absolute Gasteiger partial charge is 0.289 e. The number of hydrogen-bond donors (Lipinski definition) is 0. The van der Waals surface area contributed by atoms with E-state index >= 15 is 0 Å². The van der Waals surface area contributed by atoms with E-state index in [9.17, 15) is 0 Å². The number of imidazole rings is 1. The van der Waals surface area contributed by atoms with E-state index < -0.39 is 0 Å². The molecule has 20 heavy (non-hydrogen) atoms. The zero-order valence-corrected chi connectivity index (χ0v) is 12.1. The molecule has 0 spiro atoms. The molecule has 3 rings (SSSR count). The van der Waals surface area contributed by atoms with Crippen LogP contribution in [0.3, 0.4) is 0 Å². The van der Waals surface area contributed by atoms with Crippen molar-refractivity contribution in [3.8, 4) is 5.82 Å². The second-order valence-corrected chi connectivity index (χ2v) is 5.55. The van der Waals surface area contributed by atoms with Crippen LogP contribution in [0.25, 0.3) is 5.82 Å². The molecular formula is C14H11ClN4S. The Kier molecular flexibility index (Phi) is 3.99. The summed E-state index contributed by atoms with van der Waals surface area (Å²) >= 11 is 7.59. The predicted molar refractivity (Wildman–Crippen MR) is 80.2 cm³/mol. The van der Waals surface area contributed by atoms with E-state index in [4.69, 9.17) is 11.6 Å². The van der Waals surface area contributed by atoms with Crippen molar-refractivity contribution in [2.75, 3.05) is 0 Å². The van der Waals surface area contributed by atoms with Crippen LogP contribution in [-0.4, -0.2) is 19.7 Å². The molecule has 2 heterocycles. The highest BCUT2D eigenvalue weighted by Crippen LogP contribution is 2.22. The molecule has 6 heteroatoms. The molecule has 1 aromatic carbocycles. The minimum atomic E-state index is 0.754. The average Bonchev–Trinajstić information content (AvgIpc) is 3.00. The van der Waals surface area contributed by atoms with Gasteiger partial charge in [0.1, 0.15) is 11.4 Å². The summed E-state index contributed by atoms with van der Waals surface area (Å²) in [5, 5.41) is 10.0. The first-order valence-corrected chi connectivity index (χ1v) is 7.37. The van der Waals surface area contributed by atoms with Gasteiger partial charge in [0.2, 0.25) is 0 Å². The molecular weight excluding hydrogens is 292 g/mol. The summed E-state index contributed by atoms with van der Waals surface area (Å²) in [4.78, 5) is 3.98. The Balaban J connectivity index is 1.67. The van der Waals surface area contributed by atoms with E-state index in [0.717, 1.165) is 21.6 Å². The first-order chi connectivity index (χ1) is 9.81. The molecule has 0 radical (unpaired) electrons. The van der Waals surface area contributed by atoms with E-state index in [-0.39, 0.29) is 0 Å². The van der Waals surface area contributed by atoms with E-state index in [1.807, 2.05) is 47.2 Å². The molecule has 0 saturated carbocycles. The number of rotatable bonds is 4. The second kappa shape index (κ2) is 6.07. The molecule has 0 aliphatic rings. The molecule has 4 nitrogen and oxygen atoms in total. The second-order valence-electron chi connectivity index (χ2n) is 4.12. The minimum absolute atomic E-state index is 0.754. The van der Waals surface area contributed by atoms with Crippen molar-refractivity contribution in [3.63, 3.8) is 0 Å². The van der Waals surface area contributed by atoms with Gasteiger partial charge in [-0.3, -0.25) is 4.57 Å². The van der Waals surface area contributed by atoms with Crippen LogP contribution in [-0.2, 0) is 5.75 Å². The van der Waals surface area contributed by atoms with Gasteiger partial charge in [-0.1, -0.05) is 35.5 Å². The summed E-state index contributed by atoms with van der Waals surface area (Å²) in [6, 6.07) is 11.7. The van der Waals surface area contributed by atoms with Crippen molar-refractivity contribution in [3.05, 3.63) is 65.7 Å². The van der Waals surface area contributed by atoms with Crippen LogP contribution in [0.1, 0.15) is 5.56 Å². The summed E-state index contributed by atoms with van der Waals surface area (Å²) in [5.74, 6) is 1.58. The summed E-state index contributed by atoms with van der Waals surface area (Å²) in [6.45, 7) is 0. The summed E-state index contributed by atoms with van der Waals surface area (Å²) in [6.07, 6.45) is 5.25. The Morgan fingerprint density at radius 3 is 2.80 bits per heavy atom. The molecule has 2 aromatic heterocycles. The van der Waals surface area contributed by atoms with Gasteiger partial charge < -0.3 is 0 Å². The molecule has 3 aromatic rings. The Morgan fingerprint density at radius 1 is 1.15 bits per heavy atom. The Labute approximate surface area is 125 Å². The number of hydrogen-bond acceptors (Lipinski definition) is 4. The third-order valence-electron chi connectivity index (χ3n) is 2.67. The van der Waals surface area contributed by atoms with Gasteiger partial charge in [0, 0.05) is 23.2 Å². The molecule has 0 fully saturated rings.